The molecule has 0 saturated carbocycles. The fourth-order valence-electron chi connectivity index (χ4n) is 2.92. The summed E-state index contributed by atoms with van der Waals surface area (Å²) in [5.41, 5.74) is 1.21. The normalized spacial score (nSPS) is 15.3. The standard InChI is InChI=1S/C17H22N4O3S2/c1-3-19-26(23,24)14-5-4-13(2)15(12-14)16(22)20-7-9-21(10-8-20)17-18-6-11-25-17/h4-6,11-12,19H,3,7-10H2,1-2H3. The van der Waals surface area contributed by atoms with E-state index in [2.05, 4.69) is 14.6 Å². The Morgan fingerprint density at radius 2 is 2.00 bits per heavy atom. The summed E-state index contributed by atoms with van der Waals surface area (Å²) in [4.78, 5) is 21.3. The smallest absolute Gasteiger partial charge is 0.254 e. The van der Waals surface area contributed by atoms with Crippen LogP contribution in [0.25, 0.3) is 0 Å². The molecule has 7 nitrogen and oxygen atoms in total. The van der Waals surface area contributed by atoms with Crippen molar-refractivity contribution in [3.63, 3.8) is 0 Å². The van der Waals surface area contributed by atoms with Gasteiger partial charge in [0, 0.05) is 49.9 Å². The summed E-state index contributed by atoms with van der Waals surface area (Å²) in [7, 11) is -3.59. The van der Waals surface area contributed by atoms with Crippen LogP contribution in [0.4, 0.5) is 5.13 Å². The number of carbonyl (C=O) groups excluding carboxylic acids is 1. The fraction of sp³-hybridized carbons (Fsp3) is 0.412. The van der Waals surface area contributed by atoms with Crippen LogP contribution in [0.3, 0.4) is 0 Å². The molecular weight excluding hydrogens is 372 g/mol. The molecule has 1 fully saturated rings. The van der Waals surface area contributed by atoms with Crippen LogP contribution in [-0.2, 0) is 10.0 Å². The molecule has 26 heavy (non-hydrogen) atoms. The number of rotatable bonds is 5. The number of nitrogens with zero attached hydrogens (tertiary/aromatic N) is 3. The van der Waals surface area contributed by atoms with Crippen LogP contribution in [0.15, 0.2) is 34.7 Å². The van der Waals surface area contributed by atoms with Crippen LogP contribution in [0.2, 0.25) is 0 Å². The zero-order valence-electron chi connectivity index (χ0n) is 14.8. The Bertz CT molecular complexity index is 873. The molecule has 0 bridgehead atoms. The third-order valence-electron chi connectivity index (χ3n) is 4.34. The number of carbonyl (C=O) groups is 1. The van der Waals surface area contributed by atoms with E-state index in [0.29, 0.717) is 38.3 Å². The van der Waals surface area contributed by atoms with Gasteiger partial charge in [0.15, 0.2) is 5.13 Å². The molecule has 2 heterocycles. The zero-order valence-corrected chi connectivity index (χ0v) is 16.4. The first-order valence-electron chi connectivity index (χ1n) is 8.46. The summed E-state index contributed by atoms with van der Waals surface area (Å²) in [5, 5.41) is 2.90. The third kappa shape index (κ3) is 3.89. The number of anilines is 1. The summed E-state index contributed by atoms with van der Waals surface area (Å²) < 4.78 is 26.9. The van der Waals surface area contributed by atoms with E-state index in [-0.39, 0.29) is 10.8 Å². The molecule has 1 saturated heterocycles. The quantitative estimate of drug-likeness (QED) is 0.835. The molecule has 1 aromatic heterocycles. The minimum absolute atomic E-state index is 0.120. The van der Waals surface area contributed by atoms with Crippen LogP contribution >= 0.6 is 11.3 Å². The van der Waals surface area contributed by atoms with E-state index in [4.69, 9.17) is 0 Å². The van der Waals surface area contributed by atoms with Gasteiger partial charge in [0.25, 0.3) is 5.91 Å². The lowest BCUT2D eigenvalue weighted by Gasteiger charge is -2.34. The van der Waals surface area contributed by atoms with Gasteiger partial charge in [-0.05, 0) is 24.6 Å². The SMILES string of the molecule is CCNS(=O)(=O)c1ccc(C)c(C(=O)N2CCN(c3nccs3)CC2)c1. The van der Waals surface area contributed by atoms with Gasteiger partial charge in [0.2, 0.25) is 10.0 Å². The summed E-state index contributed by atoms with van der Waals surface area (Å²) in [6.07, 6.45) is 1.77. The number of thiazole rings is 1. The molecule has 1 aliphatic heterocycles. The molecule has 1 N–H and O–H groups in total. The molecule has 0 unspecified atom stereocenters. The zero-order chi connectivity index (χ0) is 18.7. The minimum atomic E-state index is -3.59. The highest BCUT2D eigenvalue weighted by Gasteiger charge is 2.25. The van der Waals surface area contributed by atoms with E-state index < -0.39 is 10.0 Å². The molecule has 9 heteroatoms. The molecule has 1 aliphatic rings. The van der Waals surface area contributed by atoms with E-state index in [1.54, 1.807) is 35.4 Å². The fourth-order valence-corrected chi connectivity index (χ4v) is 4.68. The van der Waals surface area contributed by atoms with E-state index >= 15 is 0 Å². The number of sulfonamides is 1. The lowest BCUT2D eigenvalue weighted by molar-refractivity contribution is 0.0746. The van der Waals surface area contributed by atoms with Gasteiger partial charge in [-0.1, -0.05) is 13.0 Å². The molecule has 1 aromatic carbocycles. The van der Waals surface area contributed by atoms with Gasteiger partial charge in [-0.2, -0.15) is 0 Å². The third-order valence-corrected chi connectivity index (χ3v) is 6.72. The van der Waals surface area contributed by atoms with Gasteiger partial charge >= 0.3 is 0 Å². The lowest BCUT2D eigenvalue weighted by atomic mass is 10.1. The number of aromatic nitrogens is 1. The second kappa shape index (κ2) is 7.73. The lowest BCUT2D eigenvalue weighted by Crippen LogP contribution is -2.49. The predicted molar refractivity (Wildman–Crippen MR) is 102 cm³/mol. The van der Waals surface area contributed by atoms with Crippen LogP contribution in [0.1, 0.15) is 22.8 Å². The van der Waals surface area contributed by atoms with Crippen molar-refractivity contribution in [2.24, 2.45) is 0 Å². The maximum absolute atomic E-state index is 12.9. The number of hydrogen-bond acceptors (Lipinski definition) is 6. The molecule has 3 rings (SSSR count). The van der Waals surface area contributed by atoms with Crippen molar-refractivity contribution < 1.29 is 13.2 Å². The number of aryl methyl sites for hydroxylation is 1. The van der Waals surface area contributed by atoms with Crippen LogP contribution in [0.5, 0.6) is 0 Å². The van der Waals surface area contributed by atoms with Crippen molar-refractivity contribution in [1.82, 2.24) is 14.6 Å². The second-order valence-electron chi connectivity index (χ2n) is 6.07. The molecule has 1 amide bonds. The molecule has 0 aliphatic carbocycles. The van der Waals surface area contributed by atoms with Crippen LogP contribution < -0.4 is 9.62 Å². The van der Waals surface area contributed by atoms with E-state index in [9.17, 15) is 13.2 Å². The Kier molecular flexibility index (Phi) is 5.59. The number of benzene rings is 1. The predicted octanol–water partition coefficient (Wildman–Crippen LogP) is 1.71. The summed E-state index contributed by atoms with van der Waals surface area (Å²) >= 11 is 1.58. The van der Waals surface area contributed by atoms with Crippen LogP contribution in [-0.4, -0.2) is 56.9 Å². The van der Waals surface area contributed by atoms with Crippen LogP contribution in [0, 0.1) is 6.92 Å². The van der Waals surface area contributed by atoms with E-state index in [1.165, 1.54) is 12.1 Å². The van der Waals surface area contributed by atoms with Gasteiger partial charge in [0.1, 0.15) is 0 Å². The van der Waals surface area contributed by atoms with Crippen molar-refractivity contribution in [2.75, 3.05) is 37.6 Å². The molecule has 2 aromatic rings. The molecular formula is C17H22N4O3S2. The maximum atomic E-state index is 12.9. The van der Waals surface area contributed by atoms with Crippen molar-refractivity contribution in [3.05, 3.63) is 40.9 Å². The molecule has 140 valence electrons. The average molecular weight is 395 g/mol. The maximum Gasteiger partial charge on any atom is 0.254 e. The first-order chi connectivity index (χ1) is 12.4. The van der Waals surface area contributed by atoms with Gasteiger partial charge < -0.3 is 9.80 Å². The highest BCUT2D eigenvalue weighted by atomic mass is 32.2. The van der Waals surface area contributed by atoms with Crippen molar-refractivity contribution in [3.8, 4) is 0 Å². The highest BCUT2D eigenvalue weighted by Crippen LogP contribution is 2.21. The summed E-state index contributed by atoms with van der Waals surface area (Å²) in [6, 6.07) is 4.69. The Morgan fingerprint density at radius 1 is 1.27 bits per heavy atom. The molecule has 0 spiro atoms. The van der Waals surface area contributed by atoms with Gasteiger partial charge in [-0.15, -0.1) is 11.3 Å². The Labute approximate surface area is 157 Å². The summed E-state index contributed by atoms with van der Waals surface area (Å²) in [6.45, 7) is 6.45. The Morgan fingerprint density at radius 3 is 2.62 bits per heavy atom. The topological polar surface area (TPSA) is 82.6 Å². The number of nitrogens with one attached hydrogen (secondary N) is 1. The van der Waals surface area contributed by atoms with Gasteiger partial charge in [-0.25, -0.2) is 18.1 Å². The Balaban J connectivity index is 1.76. The van der Waals surface area contributed by atoms with Crippen molar-refractivity contribution in [2.45, 2.75) is 18.7 Å². The minimum Gasteiger partial charge on any atom is -0.345 e. The molecule has 0 radical (unpaired) electrons. The largest absolute Gasteiger partial charge is 0.345 e. The monoisotopic (exact) mass is 394 g/mol. The van der Waals surface area contributed by atoms with Crippen molar-refractivity contribution in [1.29, 1.82) is 0 Å². The first kappa shape index (κ1) is 18.8. The van der Waals surface area contributed by atoms with Gasteiger partial charge in [0.05, 0.1) is 4.90 Å². The van der Waals surface area contributed by atoms with E-state index in [1.807, 2.05) is 12.3 Å². The van der Waals surface area contributed by atoms with Crippen molar-refractivity contribution >= 4 is 32.4 Å². The Hall–Kier alpha value is -1.97. The average Bonchev–Trinajstić information content (AvgIpc) is 3.16. The first-order valence-corrected chi connectivity index (χ1v) is 10.8. The molecule has 0 atom stereocenters. The second-order valence-corrected chi connectivity index (χ2v) is 8.71. The highest BCUT2D eigenvalue weighted by molar-refractivity contribution is 7.89. The van der Waals surface area contributed by atoms with E-state index in [0.717, 1.165) is 10.7 Å². The summed E-state index contributed by atoms with van der Waals surface area (Å²) in [5.74, 6) is -0.130. The number of piperazine rings is 1. The number of hydrogen-bond donors (Lipinski definition) is 1. The number of amides is 1. The van der Waals surface area contributed by atoms with Gasteiger partial charge in [-0.3, -0.25) is 4.79 Å².